The number of halogens is 1. The summed E-state index contributed by atoms with van der Waals surface area (Å²) in [6, 6.07) is 6.25. The molecule has 0 aliphatic carbocycles. The minimum absolute atomic E-state index is 0.306. The minimum Gasteiger partial charge on any atom is -0.355 e. The zero-order valence-corrected chi connectivity index (χ0v) is 8.87. The SMILES string of the molecule is N[C@H]1CCN(c2cccc(Br)n2)C1. The van der Waals surface area contributed by atoms with Gasteiger partial charge in [0.05, 0.1) is 0 Å². The molecule has 4 heteroatoms. The Morgan fingerprint density at radius 1 is 1.54 bits per heavy atom. The maximum atomic E-state index is 5.82. The van der Waals surface area contributed by atoms with Gasteiger partial charge >= 0.3 is 0 Å². The van der Waals surface area contributed by atoms with Crippen LogP contribution in [0, 0.1) is 0 Å². The third-order valence-corrected chi connectivity index (χ3v) is 2.69. The highest BCUT2D eigenvalue weighted by atomic mass is 79.9. The van der Waals surface area contributed by atoms with Gasteiger partial charge in [-0.15, -0.1) is 0 Å². The summed E-state index contributed by atoms with van der Waals surface area (Å²) in [5, 5.41) is 0. The van der Waals surface area contributed by atoms with Crippen molar-refractivity contribution in [2.75, 3.05) is 18.0 Å². The van der Waals surface area contributed by atoms with Gasteiger partial charge in [0.2, 0.25) is 0 Å². The van der Waals surface area contributed by atoms with Gasteiger partial charge in [0.1, 0.15) is 10.4 Å². The van der Waals surface area contributed by atoms with Crippen molar-refractivity contribution in [2.24, 2.45) is 5.73 Å². The van der Waals surface area contributed by atoms with Crippen LogP contribution < -0.4 is 10.6 Å². The van der Waals surface area contributed by atoms with Crippen LogP contribution >= 0.6 is 15.9 Å². The van der Waals surface area contributed by atoms with Gasteiger partial charge in [-0.25, -0.2) is 4.98 Å². The van der Waals surface area contributed by atoms with Crippen molar-refractivity contribution >= 4 is 21.7 Å². The highest BCUT2D eigenvalue weighted by molar-refractivity contribution is 9.10. The van der Waals surface area contributed by atoms with Gasteiger partial charge in [-0.2, -0.15) is 0 Å². The summed E-state index contributed by atoms with van der Waals surface area (Å²) in [4.78, 5) is 6.59. The van der Waals surface area contributed by atoms with Crippen molar-refractivity contribution in [1.82, 2.24) is 4.98 Å². The lowest BCUT2D eigenvalue weighted by molar-refractivity contribution is 0.751. The molecule has 2 heterocycles. The molecule has 1 atom stereocenters. The largest absolute Gasteiger partial charge is 0.355 e. The van der Waals surface area contributed by atoms with Crippen LogP contribution in [0.4, 0.5) is 5.82 Å². The van der Waals surface area contributed by atoms with E-state index in [9.17, 15) is 0 Å². The Morgan fingerprint density at radius 2 is 2.38 bits per heavy atom. The smallest absolute Gasteiger partial charge is 0.129 e. The molecule has 3 nitrogen and oxygen atoms in total. The van der Waals surface area contributed by atoms with E-state index in [1.807, 2.05) is 18.2 Å². The normalized spacial score (nSPS) is 22.3. The lowest BCUT2D eigenvalue weighted by Crippen LogP contribution is -2.26. The Kier molecular flexibility index (Phi) is 2.51. The number of anilines is 1. The molecular formula is C9H12BrN3. The quantitative estimate of drug-likeness (QED) is 0.756. The second-order valence-electron chi connectivity index (χ2n) is 3.31. The minimum atomic E-state index is 0.306. The molecule has 1 aromatic heterocycles. The van der Waals surface area contributed by atoms with Gasteiger partial charge in [0.15, 0.2) is 0 Å². The number of rotatable bonds is 1. The molecular weight excluding hydrogens is 230 g/mol. The van der Waals surface area contributed by atoms with E-state index in [4.69, 9.17) is 5.73 Å². The molecule has 0 radical (unpaired) electrons. The molecule has 1 saturated heterocycles. The number of hydrogen-bond acceptors (Lipinski definition) is 3. The van der Waals surface area contributed by atoms with E-state index >= 15 is 0 Å². The second kappa shape index (κ2) is 3.64. The van der Waals surface area contributed by atoms with Gasteiger partial charge in [-0.05, 0) is 34.5 Å². The van der Waals surface area contributed by atoms with Crippen LogP contribution in [0.2, 0.25) is 0 Å². The number of aromatic nitrogens is 1. The summed E-state index contributed by atoms with van der Waals surface area (Å²) >= 11 is 3.36. The molecule has 1 aliphatic rings. The van der Waals surface area contributed by atoms with Gasteiger partial charge in [-0.1, -0.05) is 6.07 Å². The van der Waals surface area contributed by atoms with Crippen molar-refractivity contribution < 1.29 is 0 Å². The van der Waals surface area contributed by atoms with Crippen LogP contribution in [0.25, 0.3) is 0 Å². The van der Waals surface area contributed by atoms with Crippen LogP contribution in [0.3, 0.4) is 0 Å². The lowest BCUT2D eigenvalue weighted by Gasteiger charge is -2.16. The van der Waals surface area contributed by atoms with Crippen LogP contribution in [-0.4, -0.2) is 24.1 Å². The molecule has 1 fully saturated rings. The van der Waals surface area contributed by atoms with E-state index in [1.165, 1.54) is 0 Å². The third kappa shape index (κ3) is 2.00. The zero-order chi connectivity index (χ0) is 9.26. The summed E-state index contributed by atoms with van der Waals surface area (Å²) in [5.41, 5.74) is 5.82. The molecule has 0 unspecified atom stereocenters. The third-order valence-electron chi connectivity index (χ3n) is 2.25. The molecule has 2 N–H and O–H groups in total. The predicted octanol–water partition coefficient (Wildman–Crippen LogP) is 1.38. The van der Waals surface area contributed by atoms with E-state index in [0.717, 1.165) is 29.9 Å². The summed E-state index contributed by atoms with van der Waals surface area (Å²) in [5.74, 6) is 1.02. The lowest BCUT2D eigenvalue weighted by atomic mass is 10.3. The number of hydrogen-bond donors (Lipinski definition) is 1. The molecule has 1 aromatic rings. The molecule has 13 heavy (non-hydrogen) atoms. The summed E-state index contributed by atoms with van der Waals surface area (Å²) in [7, 11) is 0. The number of nitrogens with zero attached hydrogens (tertiary/aromatic N) is 2. The number of nitrogens with two attached hydrogens (primary N) is 1. The Labute approximate surface area is 86.1 Å². The summed E-state index contributed by atoms with van der Waals surface area (Å²) in [6.07, 6.45) is 1.06. The van der Waals surface area contributed by atoms with Crippen molar-refractivity contribution in [1.29, 1.82) is 0 Å². The first-order chi connectivity index (χ1) is 6.25. The van der Waals surface area contributed by atoms with E-state index in [1.54, 1.807) is 0 Å². The fourth-order valence-electron chi connectivity index (χ4n) is 1.57. The van der Waals surface area contributed by atoms with Crippen LogP contribution in [0.1, 0.15) is 6.42 Å². The second-order valence-corrected chi connectivity index (χ2v) is 4.13. The van der Waals surface area contributed by atoms with E-state index in [-0.39, 0.29) is 0 Å². The maximum Gasteiger partial charge on any atom is 0.129 e. The topological polar surface area (TPSA) is 42.1 Å². The van der Waals surface area contributed by atoms with E-state index < -0.39 is 0 Å². The average molecular weight is 242 g/mol. The Hall–Kier alpha value is -0.610. The summed E-state index contributed by atoms with van der Waals surface area (Å²) in [6.45, 7) is 1.94. The van der Waals surface area contributed by atoms with Crippen LogP contribution in [-0.2, 0) is 0 Å². The fourth-order valence-corrected chi connectivity index (χ4v) is 1.90. The Morgan fingerprint density at radius 3 is 3.00 bits per heavy atom. The first kappa shape index (κ1) is 8.97. The molecule has 0 spiro atoms. The highest BCUT2D eigenvalue weighted by Crippen LogP contribution is 2.18. The molecule has 0 saturated carbocycles. The average Bonchev–Trinajstić information content (AvgIpc) is 2.52. The van der Waals surface area contributed by atoms with Gasteiger partial charge < -0.3 is 10.6 Å². The Bertz CT molecular complexity index is 303. The number of pyridine rings is 1. The van der Waals surface area contributed by atoms with Crippen molar-refractivity contribution in [3.63, 3.8) is 0 Å². The molecule has 2 rings (SSSR count). The van der Waals surface area contributed by atoms with Crippen LogP contribution in [0.5, 0.6) is 0 Å². The van der Waals surface area contributed by atoms with Crippen molar-refractivity contribution in [2.45, 2.75) is 12.5 Å². The van der Waals surface area contributed by atoms with Gasteiger partial charge in [0, 0.05) is 19.1 Å². The molecule has 0 amide bonds. The van der Waals surface area contributed by atoms with E-state index in [0.29, 0.717) is 6.04 Å². The van der Waals surface area contributed by atoms with Crippen molar-refractivity contribution in [3.05, 3.63) is 22.8 Å². The molecule has 70 valence electrons. The first-order valence-electron chi connectivity index (χ1n) is 4.39. The van der Waals surface area contributed by atoms with Gasteiger partial charge in [-0.3, -0.25) is 0 Å². The van der Waals surface area contributed by atoms with Gasteiger partial charge in [0.25, 0.3) is 0 Å². The molecule has 0 bridgehead atoms. The highest BCUT2D eigenvalue weighted by Gasteiger charge is 2.19. The van der Waals surface area contributed by atoms with E-state index in [2.05, 4.69) is 25.8 Å². The zero-order valence-electron chi connectivity index (χ0n) is 7.28. The monoisotopic (exact) mass is 241 g/mol. The Balaban J connectivity index is 2.16. The molecule has 0 aromatic carbocycles. The predicted molar refractivity (Wildman–Crippen MR) is 56.7 cm³/mol. The standard InChI is InChI=1S/C9H12BrN3/c10-8-2-1-3-9(12-8)13-5-4-7(11)6-13/h1-3,7H,4-6,11H2/t7-/m0/s1. The van der Waals surface area contributed by atoms with Crippen LogP contribution in [0.15, 0.2) is 22.8 Å². The first-order valence-corrected chi connectivity index (χ1v) is 5.18. The molecule has 1 aliphatic heterocycles. The van der Waals surface area contributed by atoms with Crippen molar-refractivity contribution in [3.8, 4) is 0 Å². The fraction of sp³-hybridized carbons (Fsp3) is 0.444. The maximum absolute atomic E-state index is 5.82. The summed E-state index contributed by atoms with van der Waals surface area (Å²) < 4.78 is 0.880.